The molecule has 0 aromatic heterocycles. The van der Waals surface area contributed by atoms with E-state index in [2.05, 4.69) is 12.1 Å². The quantitative estimate of drug-likeness (QED) is 0.248. The van der Waals surface area contributed by atoms with Gasteiger partial charge in [0.05, 0.1) is 13.1 Å². The van der Waals surface area contributed by atoms with Crippen LogP contribution in [0.15, 0.2) is 133 Å². The van der Waals surface area contributed by atoms with E-state index in [1.54, 1.807) is 9.80 Å². The largest absolute Gasteiger partial charge is 0.306 e. The first-order chi connectivity index (χ1) is 19.2. The molecule has 2 aliphatic rings. The number of carbonyl (C=O) groups excluding carboxylic acids is 2. The molecule has 0 bridgehead atoms. The van der Waals surface area contributed by atoms with E-state index in [1.807, 2.05) is 121 Å². The zero-order chi connectivity index (χ0) is 26.4. The van der Waals surface area contributed by atoms with Crippen LogP contribution in [0, 0.1) is 0 Å². The average molecular weight is 507 g/mol. The molecule has 1 spiro atoms. The molecule has 0 radical (unpaired) electrons. The fourth-order valence-electron chi connectivity index (χ4n) is 6.08. The number of nitrogens with zero attached hydrogens (tertiary/aromatic N) is 2. The predicted octanol–water partition coefficient (Wildman–Crippen LogP) is 6.73. The molecule has 2 aliphatic heterocycles. The lowest BCUT2D eigenvalue weighted by Gasteiger charge is -2.25. The first kappa shape index (κ1) is 23.2. The van der Waals surface area contributed by atoms with E-state index in [4.69, 9.17) is 0 Å². The maximum Gasteiger partial charge on any atom is 0.252 e. The molecule has 0 aliphatic carbocycles. The van der Waals surface area contributed by atoms with Gasteiger partial charge in [-0.25, -0.2) is 0 Å². The van der Waals surface area contributed by atoms with Gasteiger partial charge in [0.15, 0.2) is 5.41 Å². The van der Waals surface area contributed by atoms with E-state index in [1.165, 1.54) is 0 Å². The molecule has 39 heavy (non-hydrogen) atoms. The summed E-state index contributed by atoms with van der Waals surface area (Å²) in [6.45, 7) is 0.797. The third kappa shape index (κ3) is 3.52. The third-order valence-electron chi connectivity index (χ3n) is 7.90. The number of benzene rings is 5. The fraction of sp³-hybridized carbons (Fsp3) is 0.0857. The van der Waals surface area contributed by atoms with Gasteiger partial charge in [-0.1, -0.05) is 115 Å². The van der Waals surface area contributed by atoms with Crippen molar-refractivity contribution in [1.82, 2.24) is 0 Å². The van der Waals surface area contributed by atoms with Crippen molar-refractivity contribution >= 4 is 23.2 Å². The number of fused-ring (bicyclic) bond motifs is 4. The summed E-state index contributed by atoms with van der Waals surface area (Å²) >= 11 is 0. The van der Waals surface area contributed by atoms with Crippen LogP contribution < -0.4 is 9.80 Å². The SMILES string of the molecule is O=C1N(Cc2ccccc2)c2ccccc2[C@@]12C(=O)N(Cc1ccccc1)c1ccc(-c3ccccc3)cc12. The zero-order valence-corrected chi connectivity index (χ0v) is 21.3. The van der Waals surface area contributed by atoms with Crippen molar-refractivity contribution in [2.24, 2.45) is 0 Å². The Morgan fingerprint density at radius 1 is 0.462 bits per heavy atom. The van der Waals surface area contributed by atoms with E-state index < -0.39 is 5.41 Å². The van der Waals surface area contributed by atoms with Crippen molar-refractivity contribution in [1.29, 1.82) is 0 Å². The van der Waals surface area contributed by atoms with Crippen LogP contribution in [-0.4, -0.2) is 11.8 Å². The number of anilines is 2. The summed E-state index contributed by atoms with van der Waals surface area (Å²) in [6, 6.07) is 43.9. The maximum absolute atomic E-state index is 14.7. The van der Waals surface area contributed by atoms with Crippen molar-refractivity contribution < 1.29 is 9.59 Å². The smallest absolute Gasteiger partial charge is 0.252 e. The minimum atomic E-state index is -1.43. The molecule has 4 heteroatoms. The van der Waals surface area contributed by atoms with Gasteiger partial charge in [-0.2, -0.15) is 0 Å². The van der Waals surface area contributed by atoms with Crippen molar-refractivity contribution in [2.45, 2.75) is 18.5 Å². The fourth-order valence-corrected chi connectivity index (χ4v) is 6.08. The van der Waals surface area contributed by atoms with E-state index >= 15 is 0 Å². The van der Waals surface area contributed by atoms with Gasteiger partial charge >= 0.3 is 0 Å². The van der Waals surface area contributed by atoms with Gasteiger partial charge in [-0.05, 0) is 40.5 Å². The van der Waals surface area contributed by atoms with Gasteiger partial charge in [0, 0.05) is 22.5 Å². The molecule has 2 amide bonds. The van der Waals surface area contributed by atoms with Crippen LogP contribution in [0.1, 0.15) is 22.3 Å². The summed E-state index contributed by atoms with van der Waals surface area (Å²) in [7, 11) is 0. The Morgan fingerprint density at radius 3 is 1.54 bits per heavy atom. The normalized spacial score (nSPS) is 17.5. The third-order valence-corrected chi connectivity index (χ3v) is 7.90. The Kier molecular flexibility index (Phi) is 5.41. The van der Waals surface area contributed by atoms with Crippen LogP contribution in [0.4, 0.5) is 11.4 Å². The number of carbonyl (C=O) groups is 2. The number of hydrogen-bond donors (Lipinski definition) is 0. The molecule has 188 valence electrons. The molecule has 2 heterocycles. The van der Waals surface area contributed by atoms with Crippen LogP contribution in [0.2, 0.25) is 0 Å². The van der Waals surface area contributed by atoms with E-state index in [9.17, 15) is 9.59 Å². The number of rotatable bonds is 5. The first-order valence-electron chi connectivity index (χ1n) is 13.2. The maximum atomic E-state index is 14.7. The minimum Gasteiger partial charge on any atom is -0.306 e. The van der Waals surface area contributed by atoms with E-state index in [0.29, 0.717) is 13.1 Å². The second kappa shape index (κ2) is 9.10. The molecule has 0 saturated carbocycles. The van der Waals surface area contributed by atoms with Crippen LogP contribution in [-0.2, 0) is 28.1 Å². The van der Waals surface area contributed by atoms with Crippen molar-refractivity contribution in [3.63, 3.8) is 0 Å². The Bertz CT molecular complexity index is 1690. The Morgan fingerprint density at radius 2 is 0.949 bits per heavy atom. The number of para-hydroxylation sites is 1. The highest BCUT2D eigenvalue weighted by atomic mass is 16.2. The highest BCUT2D eigenvalue weighted by molar-refractivity contribution is 6.31. The topological polar surface area (TPSA) is 40.6 Å². The molecule has 7 rings (SSSR count). The Balaban J connectivity index is 1.44. The van der Waals surface area contributed by atoms with Gasteiger partial charge in [-0.15, -0.1) is 0 Å². The monoisotopic (exact) mass is 506 g/mol. The summed E-state index contributed by atoms with van der Waals surface area (Å²) in [6.07, 6.45) is 0. The van der Waals surface area contributed by atoms with Crippen molar-refractivity contribution in [2.75, 3.05) is 9.80 Å². The Hall–Kier alpha value is -4.96. The average Bonchev–Trinajstić information content (AvgIpc) is 3.39. The first-order valence-corrected chi connectivity index (χ1v) is 13.2. The lowest BCUT2D eigenvalue weighted by Crippen LogP contribution is -2.48. The minimum absolute atomic E-state index is 0.195. The summed E-state index contributed by atoms with van der Waals surface area (Å²) in [5, 5.41) is 0. The molecule has 0 fully saturated rings. The molecular formula is C35H26N2O2. The van der Waals surface area contributed by atoms with E-state index in [0.717, 1.165) is 44.8 Å². The number of amides is 2. The number of hydrogen-bond acceptors (Lipinski definition) is 2. The molecule has 4 nitrogen and oxygen atoms in total. The molecule has 0 unspecified atom stereocenters. The molecule has 0 N–H and O–H groups in total. The zero-order valence-electron chi connectivity index (χ0n) is 21.3. The summed E-state index contributed by atoms with van der Waals surface area (Å²) in [5.74, 6) is -0.390. The van der Waals surface area contributed by atoms with Gasteiger partial charge in [0.1, 0.15) is 0 Å². The van der Waals surface area contributed by atoms with Gasteiger partial charge in [-0.3, -0.25) is 9.59 Å². The molecular weight excluding hydrogens is 480 g/mol. The van der Waals surface area contributed by atoms with Crippen LogP contribution in [0.3, 0.4) is 0 Å². The van der Waals surface area contributed by atoms with Crippen LogP contribution in [0.25, 0.3) is 11.1 Å². The standard InChI is InChI=1S/C35H26N2O2/c38-33-35(29-18-10-11-19-31(29)36(33)23-25-12-4-1-5-13-25)30-22-28(27-16-8-3-9-17-27)20-21-32(30)37(34(35)39)24-26-14-6-2-7-15-26/h1-22H,23-24H2/t35-/m0/s1. The van der Waals surface area contributed by atoms with Crippen molar-refractivity contribution in [3.8, 4) is 11.1 Å². The summed E-state index contributed by atoms with van der Waals surface area (Å²) in [4.78, 5) is 33.0. The molecule has 1 atom stereocenters. The van der Waals surface area contributed by atoms with Gasteiger partial charge < -0.3 is 9.80 Å². The van der Waals surface area contributed by atoms with Crippen molar-refractivity contribution in [3.05, 3.63) is 156 Å². The van der Waals surface area contributed by atoms with Gasteiger partial charge in [0.2, 0.25) is 0 Å². The second-order valence-electron chi connectivity index (χ2n) is 10.1. The molecule has 5 aromatic rings. The Labute approximate surface area is 227 Å². The lowest BCUT2D eigenvalue weighted by atomic mass is 9.75. The van der Waals surface area contributed by atoms with Crippen LogP contribution in [0.5, 0.6) is 0 Å². The molecule has 0 saturated heterocycles. The van der Waals surface area contributed by atoms with E-state index in [-0.39, 0.29) is 11.8 Å². The highest BCUT2D eigenvalue weighted by Crippen LogP contribution is 2.55. The molecule has 5 aromatic carbocycles. The highest BCUT2D eigenvalue weighted by Gasteiger charge is 2.63. The van der Waals surface area contributed by atoms with Crippen LogP contribution >= 0.6 is 0 Å². The summed E-state index contributed by atoms with van der Waals surface area (Å²) < 4.78 is 0. The summed E-state index contributed by atoms with van der Waals surface area (Å²) in [5.41, 5.74) is 5.70. The lowest BCUT2D eigenvalue weighted by molar-refractivity contribution is -0.131. The predicted molar refractivity (Wildman–Crippen MR) is 154 cm³/mol. The second-order valence-corrected chi connectivity index (χ2v) is 10.1. The van der Waals surface area contributed by atoms with Gasteiger partial charge in [0.25, 0.3) is 11.8 Å².